The van der Waals surface area contributed by atoms with Gasteiger partial charge in [-0.15, -0.1) is 0 Å². The van der Waals surface area contributed by atoms with Crippen LogP contribution in [0, 0.1) is 0 Å². The number of carbonyl (C=O) groups is 3. The zero-order chi connectivity index (χ0) is 23.4. The van der Waals surface area contributed by atoms with E-state index in [0.717, 1.165) is 11.1 Å². The van der Waals surface area contributed by atoms with Gasteiger partial charge in [0.2, 0.25) is 0 Å². The van der Waals surface area contributed by atoms with Crippen LogP contribution in [-0.2, 0) is 22.7 Å². The fourth-order valence-corrected chi connectivity index (χ4v) is 3.62. The van der Waals surface area contributed by atoms with Gasteiger partial charge in [-0.05, 0) is 48.0 Å². The third kappa shape index (κ3) is 5.51. The van der Waals surface area contributed by atoms with Crippen LogP contribution in [0.1, 0.15) is 28.4 Å². The van der Waals surface area contributed by atoms with Gasteiger partial charge >= 0.3 is 5.97 Å². The first kappa shape index (κ1) is 22.4. The minimum absolute atomic E-state index is 0.0674. The van der Waals surface area contributed by atoms with Gasteiger partial charge in [-0.3, -0.25) is 14.4 Å². The molecule has 0 aliphatic carbocycles. The molecule has 7 nitrogen and oxygen atoms in total. The van der Waals surface area contributed by atoms with Crippen LogP contribution < -0.4 is 14.8 Å². The number of hydrogen-bond acceptors (Lipinski definition) is 5. The van der Waals surface area contributed by atoms with Crippen LogP contribution in [0.25, 0.3) is 0 Å². The number of nitrogens with zero attached hydrogens (tertiary/aromatic N) is 1. The molecule has 0 aromatic heterocycles. The first-order chi connectivity index (χ1) is 15.9. The van der Waals surface area contributed by atoms with Crippen LogP contribution in [0.15, 0.2) is 66.7 Å². The molecule has 0 unspecified atom stereocenters. The van der Waals surface area contributed by atoms with E-state index >= 15 is 0 Å². The molecule has 33 heavy (non-hydrogen) atoms. The predicted molar refractivity (Wildman–Crippen MR) is 123 cm³/mol. The van der Waals surface area contributed by atoms with Crippen molar-refractivity contribution in [1.82, 2.24) is 4.90 Å². The Bertz CT molecular complexity index is 1210. The third-order valence-electron chi connectivity index (χ3n) is 5.06. The van der Waals surface area contributed by atoms with Gasteiger partial charge in [-0.25, -0.2) is 0 Å². The average Bonchev–Trinajstić information content (AvgIpc) is 2.94. The van der Waals surface area contributed by atoms with Gasteiger partial charge in [0.05, 0.1) is 5.56 Å². The first-order valence-corrected chi connectivity index (χ1v) is 10.6. The molecular formula is C25H21ClN2O5. The quantitative estimate of drug-likeness (QED) is 0.445. The lowest BCUT2D eigenvalue weighted by atomic mass is 10.1. The standard InChI is InChI=1S/C25H21ClN2O5/c1-16(29)33-23-5-3-2-4-21(23)25(31)27-20-10-11-22-18(12-20)14-28(24(30)15-32-22)13-17-6-8-19(26)9-7-17/h2-12H,13-15H2,1H3,(H,27,31). The highest BCUT2D eigenvalue weighted by molar-refractivity contribution is 6.30. The lowest BCUT2D eigenvalue weighted by Gasteiger charge is -2.20. The fourth-order valence-electron chi connectivity index (χ4n) is 3.50. The molecule has 0 saturated carbocycles. The zero-order valence-corrected chi connectivity index (χ0v) is 18.6. The van der Waals surface area contributed by atoms with Gasteiger partial charge in [0.25, 0.3) is 11.8 Å². The van der Waals surface area contributed by atoms with Gasteiger partial charge in [0.15, 0.2) is 6.61 Å². The Kier molecular flexibility index (Phi) is 6.60. The number of benzene rings is 3. The Morgan fingerprint density at radius 3 is 2.61 bits per heavy atom. The molecule has 1 aliphatic rings. The van der Waals surface area contributed by atoms with E-state index < -0.39 is 11.9 Å². The molecule has 1 N–H and O–H groups in total. The summed E-state index contributed by atoms with van der Waals surface area (Å²) < 4.78 is 10.8. The summed E-state index contributed by atoms with van der Waals surface area (Å²) in [6.07, 6.45) is 0. The first-order valence-electron chi connectivity index (χ1n) is 10.3. The molecule has 3 aromatic carbocycles. The molecule has 4 rings (SSSR count). The Balaban J connectivity index is 1.53. The molecule has 0 atom stereocenters. The van der Waals surface area contributed by atoms with E-state index in [1.807, 2.05) is 12.1 Å². The summed E-state index contributed by atoms with van der Waals surface area (Å²) in [7, 11) is 0. The van der Waals surface area contributed by atoms with Crippen LogP contribution >= 0.6 is 11.6 Å². The second kappa shape index (κ2) is 9.75. The summed E-state index contributed by atoms with van der Waals surface area (Å²) in [6.45, 7) is 1.94. The van der Waals surface area contributed by atoms with E-state index in [1.54, 1.807) is 59.5 Å². The number of rotatable bonds is 5. The molecule has 168 valence electrons. The molecule has 1 heterocycles. The number of fused-ring (bicyclic) bond motifs is 1. The topological polar surface area (TPSA) is 84.9 Å². The summed E-state index contributed by atoms with van der Waals surface area (Å²) in [5.41, 5.74) is 2.47. The number of hydrogen-bond donors (Lipinski definition) is 1. The summed E-state index contributed by atoms with van der Waals surface area (Å²) in [5, 5.41) is 3.45. The van der Waals surface area contributed by atoms with Gasteiger partial charge in [-0.1, -0.05) is 35.9 Å². The summed E-state index contributed by atoms with van der Waals surface area (Å²) in [5.74, 6) is -0.305. The Morgan fingerprint density at radius 1 is 1.09 bits per heavy atom. The zero-order valence-electron chi connectivity index (χ0n) is 17.8. The molecule has 0 bridgehead atoms. The summed E-state index contributed by atoms with van der Waals surface area (Å²) in [6, 6.07) is 19.0. The van der Waals surface area contributed by atoms with E-state index in [1.165, 1.54) is 6.92 Å². The second-order valence-corrected chi connectivity index (χ2v) is 7.97. The molecule has 0 saturated heterocycles. The maximum absolute atomic E-state index is 12.8. The van der Waals surface area contributed by atoms with Crippen molar-refractivity contribution in [1.29, 1.82) is 0 Å². The van der Waals surface area contributed by atoms with E-state index in [0.29, 0.717) is 29.5 Å². The van der Waals surface area contributed by atoms with Crippen molar-refractivity contribution in [3.63, 3.8) is 0 Å². The van der Waals surface area contributed by atoms with E-state index in [-0.39, 0.29) is 23.8 Å². The summed E-state index contributed by atoms with van der Waals surface area (Å²) >= 11 is 5.95. The molecule has 2 amide bonds. The number of esters is 1. The van der Waals surface area contributed by atoms with E-state index in [4.69, 9.17) is 21.1 Å². The van der Waals surface area contributed by atoms with Crippen molar-refractivity contribution in [2.45, 2.75) is 20.0 Å². The molecule has 0 spiro atoms. The van der Waals surface area contributed by atoms with Crippen molar-refractivity contribution >= 4 is 35.1 Å². The highest BCUT2D eigenvalue weighted by Crippen LogP contribution is 2.28. The minimum atomic E-state index is -0.511. The molecular weight excluding hydrogens is 444 g/mol. The van der Waals surface area contributed by atoms with Crippen LogP contribution in [0.3, 0.4) is 0 Å². The van der Waals surface area contributed by atoms with Crippen molar-refractivity contribution in [2.75, 3.05) is 11.9 Å². The van der Waals surface area contributed by atoms with Gasteiger partial charge in [0.1, 0.15) is 11.5 Å². The second-order valence-electron chi connectivity index (χ2n) is 7.53. The smallest absolute Gasteiger partial charge is 0.308 e. The minimum Gasteiger partial charge on any atom is -0.483 e. The van der Waals surface area contributed by atoms with Crippen LogP contribution in [0.5, 0.6) is 11.5 Å². The Morgan fingerprint density at radius 2 is 1.85 bits per heavy atom. The number of halogens is 1. The van der Waals surface area contributed by atoms with Gasteiger partial charge < -0.3 is 19.7 Å². The number of ether oxygens (including phenoxy) is 2. The summed E-state index contributed by atoms with van der Waals surface area (Å²) in [4.78, 5) is 38.4. The van der Waals surface area contributed by atoms with Crippen LogP contribution in [0.2, 0.25) is 5.02 Å². The van der Waals surface area contributed by atoms with Crippen molar-refractivity contribution in [3.05, 3.63) is 88.4 Å². The monoisotopic (exact) mass is 464 g/mol. The maximum Gasteiger partial charge on any atom is 0.308 e. The van der Waals surface area contributed by atoms with Crippen molar-refractivity contribution < 1.29 is 23.9 Å². The maximum atomic E-state index is 12.8. The lowest BCUT2D eigenvalue weighted by molar-refractivity contribution is -0.134. The van der Waals surface area contributed by atoms with Crippen LogP contribution in [0.4, 0.5) is 5.69 Å². The average molecular weight is 465 g/mol. The highest BCUT2D eigenvalue weighted by atomic mass is 35.5. The van der Waals surface area contributed by atoms with Crippen molar-refractivity contribution in [3.8, 4) is 11.5 Å². The lowest BCUT2D eigenvalue weighted by Crippen LogP contribution is -2.31. The fraction of sp³-hybridized carbons (Fsp3) is 0.160. The number of amides is 2. The Labute approximate surface area is 195 Å². The van der Waals surface area contributed by atoms with E-state index in [2.05, 4.69) is 5.32 Å². The Hall–Kier alpha value is -3.84. The normalized spacial score (nSPS) is 12.9. The van der Waals surface area contributed by atoms with Crippen molar-refractivity contribution in [2.24, 2.45) is 0 Å². The molecule has 3 aromatic rings. The third-order valence-corrected chi connectivity index (χ3v) is 5.31. The number of anilines is 1. The predicted octanol–water partition coefficient (Wildman–Crippen LogP) is 4.44. The van der Waals surface area contributed by atoms with Gasteiger partial charge in [0, 0.05) is 36.3 Å². The highest BCUT2D eigenvalue weighted by Gasteiger charge is 2.23. The largest absolute Gasteiger partial charge is 0.483 e. The van der Waals surface area contributed by atoms with Crippen LogP contribution in [-0.4, -0.2) is 29.3 Å². The molecule has 0 radical (unpaired) electrons. The molecule has 1 aliphatic heterocycles. The SMILES string of the molecule is CC(=O)Oc1ccccc1C(=O)Nc1ccc2c(c1)CN(Cc1ccc(Cl)cc1)C(=O)CO2. The number of carbonyl (C=O) groups excluding carboxylic acids is 3. The number of nitrogens with one attached hydrogen (secondary N) is 1. The number of para-hydroxylation sites is 1. The molecule has 0 fully saturated rings. The molecule has 8 heteroatoms. The van der Waals surface area contributed by atoms with E-state index in [9.17, 15) is 14.4 Å². The van der Waals surface area contributed by atoms with Gasteiger partial charge in [-0.2, -0.15) is 0 Å².